The number of aliphatic carboxylic acids is 1. The Morgan fingerprint density at radius 1 is 1.05 bits per heavy atom. The summed E-state index contributed by atoms with van der Waals surface area (Å²) >= 11 is 0. The van der Waals surface area contributed by atoms with E-state index in [1.165, 1.54) is 42.5 Å². The molecule has 0 unspecified atom stereocenters. The standard InChI is InChI=1S/C16H11NO4/c17-9-10-1-3-11(4-2-10)16(21)12-5-6-14(18)13(7-12)8-15(19)20/h1-7,18H,8H2,(H,19,20). The average molecular weight is 281 g/mol. The van der Waals surface area contributed by atoms with E-state index in [1.54, 1.807) is 0 Å². The number of rotatable bonds is 4. The van der Waals surface area contributed by atoms with E-state index in [0.29, 0.717) is 11.1 Å². The largest absolute Gasteiger partial charge is 0.508 e. The van der Waals surface area contributed by atoms with Crippen LogP contribution >= 0.6 is 0 Å². The number of hydrogen-bond donors (Lipinski definition) is 2. The smallest absolute Gasteiger partial charge is 0.307 e. The molecule has 0 heterocycles. The topological polar surface area (TPSA) is 98.4 Å². The highest BCUT2D eigenvalue weighted by atomic mass is 16.4. The Hall–Kier alpha value is -3.13. The third-order valence-corrected chi connectivity index (χ3v) is 2.96. The van der Waals surface area contributed by atoms with Gasteiger partial charge in [-0.25, -0.2) is 0 Å². The van der Waals surface area contributed by atoms with Crippen molar-refractivity contribution in [3.63, 3.8) is 0 Å². The lowest BCUT2D eigenvalue weighted by molar-refractivity contribution is -0.136. The molecule has 2 N–H and O–H groups in total. The number of aromatic hydroxyl groups is 1. The molecular formula is C16H11NO4. The SMILES string of the molecule is N#Cc1ccc(C(=O)c2ccc(O)c(CC(=O)O)c2)cc1. The lowest BCUT2D eigenvalue weighted by Gasteiger charge is -2.06. The van der Waals surface area contributed by atoms with Crippen LogP contribution in [-0.2, 0) is 11.2 Å². The van der Waals surface area contributed by atoms with E-state index in [0.717, 1.165) is 0 Å². The molecule has 0 aromatic heterocycles. The molecule has 0 fully saturated rings. The minimum atomic E-state index is -1.09. The Kier molecular flexibility index (Phi) is 4.00. The summed E-state index contributed by atoms with van der Waals surface area (Å²) in [5, 5.41) is 27.1. The molecule has 0 saturated carbocycles. The Labute approximate surface area is 120 Å². The predicted molar refractivity (Wildman–Crippen MR) is 74.0 cm³/mol. The normalized spacial score (nSPS) is 9.86. The summed E-state index contributed by atoms with van der Waals surface area (Å²) in [7, 11) is 0. The summed E-state index contributed by atoms with van der Waals surface area (Å²) in [5.74, 6) is -1.55. The number of carboxylic acid groups (broad SMARTS) is 1. The Morgan fingerprint density at radius 3 is 2.24 bits per heavy atom. The molecule has 0 bridgehead atoms. The van der Waals surface area contributed by atoms with Crippen molar-refractivity contribution >= 4 is 11.8 Å². The van der Waals surface area contributed by atoms with E-state index in [1.807, 2.05) is 6.07 Å². The van der Waals surface area contributed by atoms with Crippen LogP contribution in [0.2, 0.25) is 0 Å². The van der Waals surface area contributed by atoms with E-state index in [-0.39, 0.29) is 29.1 Å². The fourth-order valence-corrected chi connectivity index (χ4v) is 1.89. The monoisotopic (exact) mass is 281 g/mol. The van der Waals surface area contributed by atoms with Gasteiger partial charge in [-0.15, -0.1) is 0 Å². The maximum absolute atomic E-state index is 12.3. The van der Waals surface area contributed by atoms with Gasteiger partial charge in [-0.2, -0.15) is 5.26 Å². The number of phenolic OH excluding ortho intramolecular Hbond substituents is 1. The van der Waals surface area contributed by atoms with E-state index in [9.17, 15) is 14.7 Å². The molecule has 0 aliphatic rings. The van der Waals surface area contributed by atoms with Crippen LogP contribution in [0.1, 0.15) is 27.0 Å². The molecule has 2 aromatic carbocycles. The van der Waals surface area contributed by atoms with Crippen LogP contribution in [0.3, 0.4) is 0 Å². The van der Waals surface area contributed by atoms with Gasteiger partial charge in [0.2, 0.25) is 0 Å². The quantitative estimate of drug-likeness (QED) is 0.836. The number of hydrogen-bond acceptors (Lipinski definition) is 4. The zero-order valence-electron chi connectivity index (χ0n) is 10.9. The maximum Gasteiger partial charge on any atom is 0.307 e. The molecule has 0 amide bonds. The minimum Gasteiger partial charge on any atom is -0.508 e. The number of nitriles is 1. The second kappa shape index (κ2) is 5.88. The van der Waals surface area contributed by atoms with E-state index >= 15 is 0 Å². The zero-order chi connectivity index (χ0) is 15.4. The molecule has 104 valence electrons. The van der Waals surface area contributed by atoms with Crippen LogP contribution in [-0.4, -0.2) is 22.0 Å². The number of phenols is 1. The predicted octanol–water partition coefficient (Wildman–Crippen LogP) is 2.12. The summed E-state index contributed by atoms with van der Waals surface area (Å²) in [6.45, 7) is 0. The molecule has 2 rings (SSSR count). The first kappa shape index (κ1) is 14.3. The van der Waals surface area contributed by atoms with Gasteiger partial charge in [0, 0.05) is 16.7 Å². The van der Waals surface area contributed by atoms with Crippen molar-refractivity contribution in [1.82, 2.24) is 0 Å². The summed E-state index contributed by atoms with van der Waals surface area (Å²) in [6, 6.07) is 12.2. The van der Waals surface area contributed by atoms with Crippen LogP contribution in [0.5, 0.6) is 5.75 Å². The number of ketones is 1. The molecule has 2 aromatic rings. The summed E-state index contributed by atoms with van der Waals surface area (Å²) in [4.78, 5) is 23.0. The molecule has 0 atom stereocenters. The van der Waals surface area contributed by atoms with Crippen LogP contribution in [0.15, 0.2) is 42.5 Å². The highest BCUT2D eigenvalue weighted by molar-refractivity contribution is 6.09. The van der Waals surface area contributed by atoms with Crippen molar-refractivity contribution in [2.75, 3.05) is 0 Å². The molecule has 5 heteroatoms. The molecule has 0 aliphatic carbocycles. The average Bonchev–Trinajstić information content (AvgIpc) is 2.48. The number of carbonyl (C=O) groups excluding carboxylic acids is 1. The lowest BCUT2D eigenvalue weighted by atomic mass is 9.99. The molecule has 5 nitrogen and oxygen atoms in total. The highest BCUT2D eigenvalue weighted by Gasteiger charge is 2.13. The molecule has 0 saturated heterocycles. The van der Waals surface area contributed by atoms with Crippen molar-refractivity contribution in [3.8, 4) is 11.8 Å². The fraction of sp³-hybridized carbons (Fsp3) is 0.0625. The van der Waals surface area contributed by atoms with Crippen molar-refractivity contribution in [3.05, 3.63) is 64.7 Å². The maximum atomic E-state index is 12.3. The van der Waals surface area contributed by atoms with Gasteiger partial charge in [0.05, 0.1) is 18.1 Å². The third kappa shape index (κ3) is 3.25. The van der Waals surface area contributed by atoms with Crippen LogP contribution < -0.4 is 0 Å². The van der Waals surface area contributed by atoms with Gasteiger partial charge < -0.3 is 10.2 Å². The number of benzene rings is 2. The second-order valence-electron chi connectivity index (χ2n) is 4.43. The van der Waals surface area contributed by atoms with Gasteiger partial charge in [-0.3, -0.25) is 9.59 Å². The first-order valence-corrected chi connectivity index (χ1v) is 6.10. The van der Waals surface area contributed by atoms with Crippen LogP contribution in [0, 0.1) is 11.3 Å². The zero-order valence-corrected chi connectivity index (χ0v) is 10.9. The Balaban J connectivity index is 2.34. The summed E-state index contributed by atoms with van der Waals surface area (Å²) < 4.78 is 0. The molecule has 0 aliphatic heterocycles. The summed E-state index contributed by atoms with van der Waals surface area (Å²) in [5.41, 5.74) is 1.31. The van der Waals surface area contributed by atoms with Crippen LogP contribution in [0.25, 0.3) is 0 Å². The number of carbonyl (C=O) groups is 2. The van der Waals surface area contributed by atoms with Crippen molar-refractivity contribution in [2.45, 2.75) is 6.42 Å². The lowest BCUT2D eigenvalue weighted by Crippen LogP contribution is -2.05. The van der Waals surface area contributed by atoms with Gasteiger partial charge in [0.25, 0.3) is 0 Å². The Bertz CT molecular complexity index is 742. The summed E-state index contributed by atoms with van der Waals surface area (Å²) in [6.07, 6.45) is -0.361. The number of carboxylic acids is 1. The van der Waals surface area contributed by atoms with Gasteiger partial charge in [0.15, 0.2) is 5.78 Å². The third-order valence-electron chi connectivity index (χ3n) is 2.96. The second-order valence-corrected chi connectivity index (χ2v) is 4.43. The van der Waals surface area contributed by atoms with E-state index in [4.69, 9.17) is 10.4 Å². The van der Waals surface area contributed by atoms with Crippen LogP contribution in [0.4, 0.5) is 0 Å². The van der Waals surface area contributed by atoms with Gasteiger partial charge in [-0.05, 0) is 42.5 Å². The van der Waals surface area contributed by atoms with Gasteiger partial charge >= 0.3 is 5.97 Å². The number of nitrogens with zero attached hydrogens (tertiary/aromatic N) is 1. The Morgan fingerprint density at radius 2 is 1.67 bits per heavy atom. The molecule has 0 spiro atoms. The van der Waals surface area contributed by atoms with Crippen molar-refractivity contribution < 1.29 is 19.8 Å². The molecule has 0 radical (unpaired) electrons. The van der Waals surface area contributed by atoms with Gasteiger partial charge in [-0.1, -0.05) is 0 Å². The first-order chi connectivity index (χ1) is 10.0. The van der Waals surface area contributed by atoms with E-state index < -0.39 is 5.97 Å². The first-order valence-electron chi connectivity index (χ1n) is 6.10. The molecular weight excluding hydrogens is 270 g/mol. The highest BCUT2D eigenvalue weighted by Crippen LogP contribution is 2.21. The van der Waals surface area contributed by atoms with Crippen molar-refractivity contribution in [1.29, 1.82) is 5.26 Å². The molecule has 21 heavy (non-hydrogen) atoms. The van der Waals surface area contributed by atoms with E-state index in [2.05, 4.69) is 0 Å². The minimum absolute atomic E-state index is 0.159. The fourth-order valence-electron chi connectivity index (χ4n) is 1.89. The van der Waals surface area contributed by atoms with Gasteiger partial charge in [0.1, 0.15) is 5.75 Å². The van der Waals surface area contributed by atoms with Crippen molar-refractivity contribution in [2.24, 2.45) is 0 Å².